The summed E-state index contributed by atoms with van der Waals surface area (Å²) in [5.41, 5.74) is 4.42. The molecule has 27 heavy (non-hydrogen) atoms. The van der Waals surface area contributed by atoms with Crippen LogP contribution in [0.3, 0.4) is 0 Å². The van der Waals surface area contributed by atoms with Gasteiger partial charge in [0.05, 0.1) is 12.8 Å². The molecule has 0 aliphatic carbocycles. The first-order chi connectivity index (χ1) is 13.0. The molecule has 1 aliphatic rings. The predicted molar refractivity (Wildman–Crippen MR) is 111 cm³/mol. The Bertz CT molecular complexity index is 779. The zero-order chi connectivity index (χ0) is 19.4. The number of aryl methyl sites for hydroxylation is 1. The second-order valence-corrected chi connectivity index (χ2v) is 7.36. The van der Waals surface area contributed by atoms with Crippen molar-refractivity contribution in [2.24, 2.45) is 0 Å². The Morgan fingerprint density at radius 1 is 1.04 bits per heavy atom. The Labute approximate surface area is 161 Å². The SMILES string of the molecule is COc1ccc(C)cc1N1CCN(C(=O)Nc2ccc(C(C)C)cc2)CC1. The number of hydrogen-bond acceptors (Lipinski definition) is 3. The molecule has 2 aromatic carbocycles. The monoisotopic (exact) mass is 367 g/mol. The minimum absolute atomic E-state index is 0.0387. The third kappa shape index (κ3) is 4.54. The third-order valence-electron chi connectivity index (χ3n) is 5.07. The Kier molecular flexibility index (Phi) is 5.89. The van der Waals surface area contributed by atoms with Crippen LogP contribution in [0.25, 0.3) is 0 Å². The van der Waals surface area contributed by atoms with Crippen LogP contribution in [-0.4, -0.2) is 44.2 Å². The Hall–Kier alpha value is -2.69. The van der Waals surface area contributed by atoms with E-state index in [9.17, 15) is 4.79 Å². The predicted octanol–water partition coefficient (Wildman–Crippen LogP) is 4.48. The number of piperazine rings is 1. The summed E-state index contributed by atoms with van der Waals surface area (Å²) in [5.74, 6) is 1.37. The minimum atomic E-state index is -0.0387. The van der Waals surface area contributed by atoms with Gasteiger partial charge in [0.1, 0.15) is 5.75 Å². The average molecular weight is 367 g/mol. The molecule has 144 valence electrons. The highest BCUT2D eigenvalue weighted by molar-refractivity contribution is 5.89. The normalized spacial score (nSPS) is 14.4. The maximum Gasteiger partial charge on any atom is 0.321 e. The van der Waals surface area contributed by atoms with Crippen LogP contribution in [0.2, 0.25) is 0 Å². The van der Waals surface area contributed by atoms with Gasteiger partial charge in [-0.15, -0.1) is 0 Å². The molecular weight excluding hydrogens is 338 g/mol. The van der Waals surface area contributed by atoms with Gasteiger partial charge >= 0.3 is 6.03 Å². The molecule has 5 nitrogen and oxygen atoms in total. The molecule has 2 amide bonds. The second kappa shape index (κ2) is 8.33. The molecule has 1 aliphatic heterocycles. The number of amides is 2. The molecular formula is C22H29N3O2. The van der Waals surface area contributed by atoms with Crippen molar-refractivity contribution in [3.63, 3.8) is 0 Å². The van der Waals surface area contributed by atoms with Crippen LogP contribution in [0, 0.1) is 6.92 Å². The lowest BCUT2D eigenvalue weighted by Gasteiger charge is -2.36. The molecule has 1 saturated heterocycles. The fourth-order valence-corrected chi connectivity index (χ4v) is 3.35. The van der Waals surface area contributed by atoms with Crippen LogP contribution in [0.5, 0.6) is 5.75 Å². The van der Waals surface area contributed by atoms with Crippen molar-refractivity contribution in [2.45, 2.75) is 26.7 Å². The molecule has 1 fully saturated rings. The number of nitrogens with zero attached hydrogens (tertiary/aromatic N) is 2. The van der Waals surface area contributed by atoms with Gasteiger partial charge in [0.25, 0.3) is 0 Å². The molecule has 5 heteroatoms. The van der Waals surface area contributed by atoms with Gasteiger partial charge in [-0.1, -0.05) is 32.0 Å². The molecule has 0 unspecified atom stereocenters. The van der Waals surface area contributed by atoms with Gasteiger partial charge in [-0.3, -0.25) is 0 Å². The Balaban J connectivity index is 1.59. The highest BCUT2D eigenvalue weighted by atomic mass is 16.5. The number of rotatable bonds is 4. The van der Waals surface area contributed by atoms with Crippen molar-refractivity contribution in [3.05, 3.63) is 53.6 Å². The van der Waals surface area contributed by atoms with Gasteiger partial charge in [0.2, 0.25) is 0 Å². The first-order valence-electron chi connectivity index (χ1n) is 9.53. The zero-order valence-corrected chi connectivity index (χ0v) is 16.7. The van der Waals surface area contributed by atoms with E-state index >= 15 is 0 Å². The zero-order valence-electron chi connectivity index (χ0n) is 16.7. The van der Waals surface area contributed by atoms with Gasteiger partial charge in [-0.25, -0.2) is 4.79 Å². The number of carbonyl (C=O) groups is 1. The van der Waals surface area contributed by atoms with E-state index in [0.717, 1.165) is 30.2 Å². The minimum Gasteiger partial charge on any atom is -0.495 e. The number of methoxy groups -OCH3 is 1. The van der Waals surface area contributed by atoms with Crippen LogP contribution in [0.15, 0.2) is 42.5 Å². The molecule has 0 aromatic heterocycles. The molecule has 1 N–H and O–H groups in total. The number of ether oxygens (including phenoxy) is 1. The van der Waals surface area contributed by atoms with E-state index < -0.39 is 0 Å². The number of nitrogens with one attached hydrogen (secondary N) is 1. The molecule has 0 bridgehead atoms. The van der Waals surface area contributed by atoms with Crippen LogP contribution < -0.4 is 15.0 Å². The highest BCUT2D eigenvalue weighted by Crippen LogP contribution is 2.30. The first-order valence-corrected chi connectivity index (χ1v) is 9.53. The van der Waals surface area contributed by atoms with E-state index in [0.29, 0.717) is 19.0 Å². The van der Waals surface area contributed by atoms with E-state index in [4.69, 9.17) is 4.74 Å². The fraction of sp³-hybridized carbons (Fsp3) is 0.409. The molecule has 0 spiro atoms. The topological polar surface area (TPSA) is 44.8 Å². The number of carbonyl (C=O) groups excluding carboxylic acids is 1. The van der Waals surface area contributed by atoms with E-state index in [1.165, 1.54) is 11.1 Å². The smallest absolute Gasteiger partial charge is 0.321 e. The van der Waals surface area contributed by atoms with Crippen LogP contribution in [0.1, 0.15) is 30.9 Å². The summed E-state index contributed by atoms with van der Waals surface area (Å²) in [6.07, 6.45) is 0. The van der Waals surface area contributed by atoms with Gasteiger partial charge in [-0.2, -0.15) is 0 Å². The molecule has 0 atom stereocenters. The van der Waals surface area contributed by atoms with Gasteiger partial charge in [-0.05, 0) is 48.2 Å². The van der Waals surface area contributed by atoms with Gasteiger partial charge in [0, 0.05) is 31.9 Å². The van der Waals surface area contributed by atoms with Crippen LogP contribution in [0.4, 0.5) is 16.2 Å². The lowest BCUT2D eigenvalue weighted by atomic mass is 10.0. The second-order valence-electron chi connectivity index (χ2n) is 7.36. The number of anilines is 2. The summed E-state index contributed by atoms with van der Waals surface area (Å²) in [6.45, 7) is 9.36. The quantitative estimate of drug-likeness (QED) is 0.866. The summed E-state index contributed by atoms with van der Waals surface area (Å²) >= 11 is 0. The van der Waals surface area contributed by atoms with Crippen molar-refractivity contribution in [1.29, 1.82) is 0 Å². The largest absolute Gasteiger partial charge is 0.495 e. The van der Waals surface area contributed by atoms with Crippen molar-refractivity contribution in [2.75, 3.05) is 43.5 Å². The number of urea groups is 1. The summed E-state index contributed by atoms with van der Waals surface area (Å²) in [5, 5.41) is 3.01. The van der Waals surface area contributed by atoms with Gasteiger partial charge in [0.15, 0.2) is 0 Å². The van der Waals surface area contributed by atoms with E-state index in [-0.39, 0.29) is 6.03 Å². The summed E-state index contributed by atoms with van der Waals surface area (Å²) in [6, 6.07) is 14.3. The summed E-state index contributed by atoms with van der Waals surface area (Å²) in [4.78, 5) is 16.7. The van der Waals surface area contributed by atoms with Gasteiger partial charge < -0.3 is 19.9 Å². The Morgan fingerprint density at radius 2 is 1.70 bits per heavy atom. The Morgan fingerprint density at radius 3 is 2.30 bits per heavy atom. The summed E-state index contributed by atoms with van der Waals surface area (Å²) < 4.78 is 5.50. The van der Waals surface area contributed by atoms with E-state index in [2.05, 4.69) is 55.3 Å². The van der Waals surface area contributed by atoms with Crippen molar-refractivity contribution >= 4 is 17.4 Å². The molecule has 0 radical (unpaired) electrons. The molecule has 1 heterocycles. The number of hydrogen-bond donors (Lipinski definition) is 1. The highest BCUT2D eigenvalue weighted by Gasteiger charge is 2.23. The van der Waals surface area contributed by atoms with Crippen LogP contribution >= 0.6 is 0 Å². The van der Waals surface area contributed by atoms with E-state index in [1.807, 2.05) is 23.1 Å². The molecule has 2 aromatic rings. The van der Waals surface area contributed by atoms with Crippen molar-refractivity contribution in [1.82, 2.24) is 4.90 Å². The summed E-state index contributed by atoms with van der Waals surface area (Å²) in [7, 11) is 1.70. The lowest BCUT2D eigenvalue weighted by molar-refractivity contribution is 0.208. The lowest BCUT2D eigenvalue weighted by Crippen LogP contribution is -2.50. The van der Waals surface area contributed by atoms with E-state index in [1.54, 1.807) is 7.11 Å². The average Bonchev–Trinajstić information content (AvgIpc) is 2.68. The van der Waals surface area contributed by atoms with Crippen molar-refractivity contribution < 1.29 is 9.53 Å². The fourth-order valence-electron chi connectivity index (χ4n) is 3.35. The first kappa shape index (κ1) is 19.1. The third-order valence-corrected chi connectivity index (χ3v) is 5.07. The maximum atomic E-state index is 12.6. The maximum absolute atomic E-state index is 12.6. The van der Waals surface area contributed by atoms with Crippen molar-refractivity contribution in [3.8, 4) is 5.75 Å². The van der Waals surface area contributed by atoms with Crippen LogP contribution in [-0.2, 0) is 0 Å². The molecule has 0 saturated carbocycles. The standard InChI is InChI=1S/C22H29N3O2/c1-16(2)18-6-8-19(9-7-18)23-22(26)25-13-11-24(12-14-25)20-15-17(3)5-10-21(20)27-4/h5-10,15-16H,11-14H2,1-4H3,(H,23,26). The number of benzene rings is 2. The molecule has 3 rings (SSSR count).